The molecular weight excluding hydrogens is 248 g/mol. The van der Waals surface area contributed by atoms with Gasteiger partial charge in [-0.2, -0.15) is 0 Å². The number of rotatable bonds is 12. The van der Waals surface area contributed by atoms with E-state index in [2.05, 4.69) is 19.9 Å². The third-order valence-corrected chi connectivity index (χ3v) is 3.55. The first kappa shape index (κ1) is 18.9. The number of carbonyl (C=O) groups is 1. The molecule has 20 heavy (non-hydrogen) atoms. The summed E-state index contributed by atoms with van der Waals surface area (Å²) in [4.78, 5) is 10.4. The quantitative estimate of drug-likeness (QED) is 0.281. The Morgan fingerprint density at radius 3 is 2.10 bits per heavy atom. The van der Waals surface area contributed by atoms with E-state index in [4.69, 9.17) is 5.11 Å². The lowest BCUT2D eigenvalue weighted by Crippen LogP contribution is -1.92. The number of hydrogen-bond donors (Lipinski definition) is 1. The maximum absolute atomic E-state index is 10.4. The fourth-order valence-corrected chi connectivity index (χ4v) is 2.39. The molecule has 0 amide bonds. The lowest BCUT2D eigenvalue weighted by Gasteiger charge is -2.07. The van der Waals surface area contributed by atoms with Crippen molar-refractivity contribution in [1.82, 2.24) is 0 Å². The van der Waals surface area contributed by atoms with Gasteiger partial charge in [0.25, 0.3) is 0 Å². The van der Waals surface area contributed by atoms with Gasteiger partial charge in [-0.25, -0.2) is 4.79 Å². The summed E-state index contributed by atoms with van der Waals surface area (Å²) in [6.07, 6.45) is 17.1. The van der Waals surface area contributed by atoms with Crippen molar-refractivity contribution in [2.24, 2.45) is 5.92 Å². The molecule has 2 nitrogen and oxygen atoms in total. The van der Waals surface area contributed by atoms with Crippen LogP contribution in [0.5, 0.6) is 0 Å². The van der Waals surface area contributed by atoms with Crippen molar-refractivity contribution >= 4 is 5.97 Å². The van der Waals surface area contributed by atoms with E-state index in [1.54, 1.807) is 6.08 Å². The number of allylic oxidation sites excluding steroid dienone is 3. The highest BCUT2D eigenvalue weighted by atomic mass is 16.4. The number of hydrogen-bond acceptors (Lipinski definition) is 1. The zero-order valence-corrected chi connectivity index (χ0v) is 13.5. The molecule has 0 bridgehead atoms. The van der Waals surface area contributed by atoms with Crippen molar-refractivity contribution in [2.45, 2.75) is 78.6 Å². The van der Waals surface area contributed by atoms with Gasteiger partial charge < -0.3 is 5.11 Å². The molecule has 2 heteroatoms. The van der Waals surface area contributed by atoms with Crippen LogP contribution in [0.25, 0.3) is 0 Å². The second kappa shape index (κ2) is 13.0. The smallest absolute Gasteiger partial charge is 0.328 e. The van der Waals surface area contributed by atoms with E-state index in [0.29, 0.717) is 5.92 Å². The molecule has 0 aromatic heterocycles. The summed E-state index contributed by atoms with van der Waals surface area (Å²) in [6.45, 7) is 6.42. The lowest BCUT2D eigenvalue weighted by molar-refractivity contribution is -0.131. The van der Waals surface area contributed by atoms with Gasteiger partial charge in [0.15, 0.2) is 0 Å². The van der Waals surface area contributed by atoms with Crippen molar-refractivity contribution in [3.05, 3.63) is 23.8 Å². The van der Waals surface area contributed by atoms with E-state index < -0.39 is 5.97 Å². The maximum Gasteiger partial charge on any atom is 0.328 e. The van der Waals surface area contributed by atoms with Crippen molar-refractivity contribution in [1.29, 1.82) is 0 Å². The Bertz CT molecular complexity index is 303. The predicted octanol–water partition coefficient (Wildman–Crippen LogP) is 5.74. The molecule has 1 atom stereocenters. The molecule has 0 aromatic rings. The second-order valence-corrected chi connectivity index (χ2v) is 5.82. The summed E-state index contributed by atoms with van der Waals surface area (Å²) in [6, 6.07) is 0. The molecule has 0 aromatic carbocycles. The first-order chi connectivity index (χ1) is 9.56. The molecule has 0 saturated carbocycles. The fraction of sp³-hybridized carbons (Fsp3) is 0.722. The van der Waals surface area contributed by atoms with Crippen LogP contribution in [0, 0.1) is 5.92 Å². The van der Waals surface area contributed by atoms with Crippen molar-refractivity contribution in [2.75, 3.05) is 0 Å². The molecule has 0 spiro atoms. The Hall–Kier alpha value is -1.05. The molecule has 0 unspecified atom stereocenters. The Kier molecular flexibility index (Phi) is 12.3. The van der Waals surface area contributed by atoms with Crippen LogP contribution in [0.1, 0.15) is 78.6 Å². The highest BCUT2D eigenvalue weighted by molar-refractivity contribution is 5.80. The highest BCUT2D eigenvalue weighted by Gasteiger charge is 1.99. The maximum atomic E-state index is 10.4. The van der Waals surface area contributed by atoms with Crippen LogP contribution in [0.2, 0.25) is 0 Å². The van der Waals surface area contributed by atoms with Crippen LogP contribution >= 0.6 is 0 Å². The summed E-state index contributed by atoms with van der Waals surface area (Å²) in [7, 11) is 0. The van der Waals surface area contributed by atoms with Gasteiger partial charge in [-0.3, -0.25) is 0 Å². The van der Waals surface area contributed by atoms with Gasteiger partial charge >= 0.3 is 5.97 Å². The number of aliphatic carboxylic acids is 1. The van der Waals surface area contributed by atoms with Crippen LogP contribution in [0.3, 0.4) is 0 Å². The largest absolute Gasteiger partial charge is 0.478 e. The number of carboxylic acid groups (broad SMARTS) is 1. The average Bonchev–Trinajstić information content (AvgIpc) is 2.39. The zero-order chi connectivity index (χ0) is 15.2. The molecule has 0 fully saturated rings. The fourth-order valence-electron chi connectivity index (χ4n) is 2.39. The average molecular weight is 280 g/mol. The molecule has 0 aliphatic heterocycles. The van der Waals surface area contributed by atoms with Gasteiger partial charge in [0.1, 0.15) is 0 Å². The molecule has 0 aliphatic carbocycles. The van der Waals surface area contributed by atoms with E-state index in [1.165, 1.54) is 63.9 Å². The zero-order valence-electron chi connectivity index (χ0n) is 13.5. The monoisotopic (exact) mass is 280 g/mol. The molecule has 1 N–H and O–H groups in total. The van der Waals surface area contributed by atoms with Crippen LogP contribution in [-0.2, 0) is 4.79 Å². The number of carboxylic acids is 1. The Labute approximate surface area is 125 Å². The molecule has 0 aliphatic rings. The van der Waals surface area contributed by atoms with Crippen molar-refractivity contribution < 1.29 is 9.90 Å². The molecule has 0 heterocycles. The van der Waals surface area contributed by atoms with E-state index in [-0.39, 0.29) is 0 Å². The normalized spacial score (nSPS) is 13.8. The summed E-state index contributed by atoms with van der Waals surface area (Å²) in [5.41, 5.74) is 1.04. The second-order valence-electron chi connectivity index (χ2n) is 5.82. The first-order valence-corrected chi connectivity index (χ1v) is 8.15. The lowest BCUT2D eigenvalue weighted by atomic mass is 9.99. The van der Waals surface area contributed by atoms with Gasteiger partial charge in [0, 0.05) is 6.08 Å². The highest BCUT2D eigenvalue weighted by Crippen LogP contribution is 2.15. The van der Waals surface area contributed by atoms with Gasteiger partial charge in [-0.15, -0.1) is 0 Å². The third-order valence-electron chi connectivity index (χ3n) is 3.55. The molecule has 116 valence electrons. The molecular formula is C18H32O2. The van der Waals surface area contributed by atoms with Gasteiger partial charge in [-0.05, 0) is 19.3 Å². The Morgan fingerprint density at radius 2 is 1.55 bits per heavy atom. The van der Waals surface area contributed by atoms with Crippen LogP contribution in [0.4, 0.5) is 0 Å². The van der Waals surface area contributed by atoms with Crippen molar-refractivity contribution in [3.63, 3.8) is 0 Å². The van der Waals surface area contributed by atoms with Crippen molar-refractivity contribution in [3.8, 4) is 0 Å². The van der Waals surface area contributed by atoms with Gasteiger partial charge in [0.05, 0.1) is 0 Å². The standard InChI is InChI=1S/C18H32O2/c1-4-5-6-7-8-9-10-11-12-16(2)15-17(3)13-14-18(19)20/h13-16H,4-12H2,1-3H3,(H,19,20)/b14-13+,17-15+/t16-/m0/s1. The third kappa shape index (κ3) is 13.4. The van der Waals surface area contributed by atoms with E-state index in [1.807, 2.05) is 6.92 Å². The molecule has 0 radical (unpaired) electrons. The Balaban J connectivity index is 3.60. The van der Waals surface area contributed by atoms with E-state index >= 15 is 0 Å². The summed E-state index contributed by atoms with van der Waals surface area (Å²) in [5.74, 6) is -0.345. The van der Waals surface area contributed by atoms with E-state index in [9.17, 15) is 4.79 Å². The minimum Gasteiger partial charge on any atom is -0.478 e. The number of unbranched alkanes of at least 4 members (excludes halogenated alkanes) is 7. The summed E-state index contributed by atoms with van der Waals surface area (Å²) >= 11 is 0. The molecule has 0 rings (SSSR count). The topological polar surface area (TPSA) is 37.3 Å². The SMILES string of the molecule is CCCCCCCCCC[C@H](C)/C=C(C)/C=C/C(=O)O. The summed E-state index contributed by atoms with van der Waals surface area (Å²) < 4.78 is 0. The van der Waals surface area contributed by atoms with Gasteiger partial charge in [0.2, 0.25) is 0 Å². The molecule has 0 saturated heterocycles. The van der Waals surface area contributed by atoms with Crippen LogP contribution in [0.15, 0.2) is 23.8 Å². The first-order valence-electron chi connectivity index (χ1n) is 8.15. The van der Waals surface area contributed by atoms with Crippen LogP contribution < -0.4 is 0 Å². The minimum atomic E-state index is -0.881. The van der Waals surface area contributed by atoms with Gasteiger partial charge in [-0.1, -0.05) is 82.9 Å². The van der Waals surface area contributed by atoms with E-state index in [0.717, 1.165) is 5.57 Å². The predicted molar refractivity (Wildman–Crippen MR) is 86.9 cm³/mol. The van der Waals surface area contributed by atoms with Crippen LogP contribution in [-0.4, -0.2) is 11.1 Å². The Morgan fingerprint density at radius 1 is 1.00 bits per heavy atom. The summed E-state index contributed by atoms with van der Waals surface area (Å²) in [5, 5.41) is 8.56. The minimum absolute atomic E-state index is 0.536.